The van der Waals surface area contributed by atoms with Crippen LogP contribution in [0.5, 0.6) is 5.75 Å². The Labute approximate surface area is 146 Å². The van der Waals surface area contributed by atoms with Crippen molar-refractivity contribution in [3.63, 3.8) is 0 Å². The number of hydrogen-bond donors (Lipinski definition) is 1. The maximum Gasteiger partial charge on any atom is 0.155 e. The average molecular weight is 421 g/mol. The van der Waals surface area contributed by atoms with Gasteiger partial charge in [-0.1, -0.05) is 0 Å². The minimum atomic E-state index is 0.0662. The summed E-state index contributed by atoms with van der Waals surface area (Å²) in [6, 6.07) is 7.85. The predicted molar refractivity (Wildman–Crippen MR) is 95.7 cm³/mol. The third kappa shape index (κ3) is 9.97. The highest BCUT2D eigenvalue weighted by Crippen LogP contribution is 2.16. The minimum Gasteiger partial charge on any atom is -0.494 e. The lowest BCUT2D eigenvalue weighted by Gasteiger charge is -2.07. The summed E-state index contributed by atoms with van der Waals surface area (Å²) in [6.45, 7) is 4.43. The molecule has 0 saturated heterocycles. The van der Waals surface area contributed by atoms with Gasteiger partial charge >= 0.3 is 0 Å². The van der Waals surface area contributed by atoms with Gasteiger partial charge in [-0.05, 0) is 44.0 Å². The molecule has 0 radical (unpaired) electrons. The Hall–Kier alpha value is -0.860. The molecule has 0 saturated carbocycles. The lowest BCUT2D eigenvalue weighted by molar-refractivity contribution is -0.121. The number of Topliss-reactive ketones (excluding diaryl/α,β-unsaturated/α-hetero) is 1. The van der Waals surface area contributed by atoms with Gasteiger partial charge in [-0.3, -0.25) is 4.79 Å². The van der Waals surface area contributed by atoms with E-state index in [0.717, 1.165) is 37.3 Å². The molecule has 0 fully saturated rings. The van der Waals surface area contributed by atoms with E-state index in [1.807, 2.05) is 24.3 Å². The van der Waals surface area contributed by atoms with Crippen molar-refractivity contribution in [2.75, 3.05) is 36.6 Å². The minimum absolute atomic E-state index is 0.0662. The van der Waals surface area contributed by atoms with Crippen LogP contribution in [0.2, 0.25) is 0 Å². The van der Waals surface area contributed by atoms with E-state index in [-0.39, 0.29) is 12.4 Å². The molecule has 6 heteroatoms. The van der Waals surface area contributed by atoms with Gasteiger partial charge in [0, 0.05) is 31.9 Å². The van der Waals surface area contributed by atoms with Gasteiger partial charge in [-0.25, -0.2) is 0 Å². The van der Waals surface area contributed by atoms with Crippen LogP contribution in [0, 0.1) is 0 Å². The first kappa shape index (κ1) is 19.2. The third-order valence-electron chi connectivity index (χ3n) is 2.80. The number of ketones is 1. The molecular weight excluding hydrogens is 397 g/mol. The summed E-state index contributed by atoms with van der Waals surface area (Å²) >= 11 is 2.10. The van der Waals surface area contributed by atoms with Crippen molar-refractivity contribution >= 4 is 34.3 Å². The molecule has 0 unspecified atom stereocenters. The molecule has 0 heterocycles. The summed E-state index contributed by atoms with van der Waals surface area (Å²) in [5.41, 5.74) is 1.06. The number of rotatable bonds is 13. The second kappa shape index (κ2) is 12.7. The fourth-order valence-corrected chi connectivity index (χ4v) is 2.05. The maximum absolute atomic E-state index is 10.6. The second-order valence-corrected chi connectivity index (χ2v) is 5.43. The predicted octanol–water partition coefficient (Wildman–Crippen LogP) is 3.62. The summed E-state index contributed by atoms with van der Waals surface area (Å²) in [6.07, 6.45) is 2.73. The highest BCUT2D eigenvalue weighted by Gasteiger charge is 1.96. The normalized spacial score (nSPS) is 10.5. The Balaban J connectivity index is 1.88. The quantitative estimate of drug-likeness (QED) is 0.300. The molecule has 22 heavy (non-hydrogen) atoms. The van der Waals surface area contributed by atoms with Crippen LogP contribution in [0.4, 0.5) is 5.69 Å². The summed E-state index contributed by atoms with van der Waals surface area (Å²) in [7, 11) is 0. The van der Waals surface area contributed by atoms with E-state index in [4.69, 9.17) is 14.2 Å². The molecule has 0 atom stereocenters. The smallest absolute Gasteiger partial charge is 0.155 e. The van der Waals surface area contributed by atoms with Crippen LogP contribution < -0.4 is 8.27 Å². The summed E-state index contributed by atoms with van der Waals surface area (Å²) in [5.74, 6) is 0.939. The van der Waals surface area contributed by atoms with Gasteiger partial charge < -0.3 is 17.7 Å². The molecule has 0 aliphatic heterocycles. The molecule has 1 rings (SSSR count). The second-order valence-electron chi connectivity index (χ2n) is 4.89. The zero-order chi connectivity index (χ0) is 16.0. The monoisotopic (exact) mass is 421 g/mol. The van der Waals surface area contributed by atoms with Crippen LogP contribution in [-0.2, 0) is 14.3 Å². The molecule has 1 aromatic rings. The van der Waals surface area contributed by atoms with Crippen molar-refractivity contribution in [3.8, 4) is 5.75 Å². The molecule has 5 nitrogen and oxygen atoms in total. The molecule has 0 amide bonds. The molecule has 1 aromatic carbocycles. The first-order chi connectivity index (χ1) is 10.7. The number of halogens is 1. The van der Waals surface area contributed by atoms with Crippen molar-refractivity contribution in [2.24, 2.45) is 0 Å². The molecule has 0 aromatic heterocycles. The molecule has 0 aliphatic carbocycles. The van der Waals surface area contributed by atoms with Crippen LogP contribution in [0.15, 0.2) is 24.3 Å². The van der Waals surface area contributed by atoms with E-state index in [1.165, 1.54) is 6.92 Å². The van der Waals surface area contributed by atoms with Crippen molar-refractivity contribution in [1.29, 1.82) is 0 Å². The first-order valence-corrected chi connectivity index (χ1v) is 8.54. The van der Waals surface area contributed by atoms with Crippen molar-refractivity contribution < 1.29 is 19.0 Å². The van der Waals surface area contributed by atoms with Crippen LogP contribution >= 0.6 is 22.9 Å². The Kier molecular flexibility index (Phi) is 11.0. The molecule has 0 spiro atoms. The van der Waals surface area contributed by atoms with E-state index >= 15 is 0 Å². The number of ether oxygens (including phenoxy) is 3. The maximum atomic E-state index is 10.6. The standard InChI is InChI=1S/C16H24INO4/c1-14(19)13-21-10-3-2-9-20-11-4-12-22-16-7-5-15(18-17)6-8-16/h5-8,18H,2-4,9-13H2,1H3. The number of unbranched alkanes of at least 4 members (excludes halogenated alkanes) is 1. The van der Waals surface area contributed by atoms with Gasteiger partial charge in [0.1, 0.15) is 12.4 Å². The fourth-order valence-electron chi connectivity index (χ4n) is 1.69. The van der Waals surface area contributed by atoms with Crippen molar-refractivity contribution in [1.82, 2.24) is 0 Å². The molecular formula is C16H24INO4. The number of nitrogens with one attached hydrogen (secondary N) is 1. The van der Waals surface area contributed by atoms with Crippen molar-refractivity contribution in [3.05, 3.63) is 24.3 Å². The average Bonchev–Trinajstić information content (AvgIpc) is 2.53. The van der Waals surface area contributed by atoms with Crippen molar-refractivity contribution in [2.45, 2.75) is 26.2 Å². The van der Waals surface area contributed by atoms with E-state index in [2.05, 4.69) is 26.4 Å². The number of carbonyl (C=O) groups is 1. The van der Waals surface area contributed by atoms with Crippen LogP contribution in [0.25, 0.3) is 0 Å². The number of hydrogen-bond acceptors (Lipinski definition) is 5. The number of anilines is 1. The van der Waals surface area contributed by atoms with E-state index in [1.54, 1.807) is 0 Å². The summed E-state index contributed by atoms with van der Waals surface area (Å²) in [5, 5.41) is 0. The Morgan fingerprint density at radius 3 is 2.27 bits per heavy atom. The molecule has 1 N–H and O–H groups in total. The number of carbonyl (C=O) groups excluding carboxylic acids is 1. The Morgan fingerprint density at radius 2 is 1.64 bits per heavy atom. The largest absolute Gasteiger partial charge is 0.494 e. The SMILES string of the molecule is CC(=O)COCCCCOCCCOc1ccc(NI)cc1. The van der Waals surface area contributed by atoms with E-state index in [9.17, 15) is 4.79 Å². The zero-order valence-electron chi connectivity index (χ0n) is 13.0. The summed E-state index contributed by atoms with van der Waals surface area (Å²) < 4.78 is 19.4. The van der Waals surface area contributed by atoms with Gasteiger partial charge in [0.05, 0.1) is 29.5 Å². The van der Waals surface area contributed by atoms with Gasteiger partial charge in [-0.15, -0.1) is 0 Å². The van der Waals surface area contributed by atoms with Gasteiger partial charge in [0.2, 0.25) is 0 Å². The van der Waals surface area contributed by atoms with Crippen LogP contribution in [0.3, 0.4) is 0 Å². The van der Waals surface area contributed by atoms with Crippen LogP contribution in [0.1, 0.15) is 26.2 Å². The van der Waals surface area contributed by atoms with E-state index < -0.39 is 0 Å². The number of benzene rings is 1. The molecule has 124 valence electrons. The third-order valence-corrected chi connectivity index (χ3v) is 3.42. The Morgan fingerprint density at radius 1 is 1.00 bits per heavy atom. The van der Waals surface area contributed by atoms with Gasteiger partial charge in [0.15, 0.2) is 5.78 Å². The zero-order valence-corrected chi connectivity index (χ0v) is 15.1. The highest BCUT2D eigenvalue weighted by atomic mass is 127. The summed E-state index contributed by atoms with van der Waals surface area (Å²) in [4.78, 5) is 10.6. The highest BCUT2D eigenvalue weighted by molar-refractivity contribution is 14.1. The lowest BCUT2D eigenvalue weighted by Crippen LogP contribution is -2.07. The topological polar surface area (TPSA) is 56.8 Å². The van der Waals surface area contributed by atoms with Crippen LogP contribution in [-0.4, -0.2) is 38.8 Å². The van der Waals surface area contributed by atoms with Gasteiger partial charge in [0.25, 0.3) is 0 Å². The first-order valence-electron chi connectivity index (χ1n) is 7.47. The Bertz CT molecular complexity index is 411. The van der Waals surface area contributed by atoms with E-state index in [0.29, 0.717) is 19.8 Å². The lowest BCUT2D eigenvalue weighted by atomic mass is 10.3. The fraction of sp³-hybridized carbons (Fsp3) is 0.562. The molecule has 0 bridgehead atoms. The molecule has 0 aliphatic rings. The van der Waals surface area contributed by atoms with Gasteiger partial charge in [-0.2, -0.15) is 0 Å².